The van der Waals surface area contributed by atoms with Crippen molar-refractivity contribution >= 4 is 28.9 Å². The van der Waals surface area contributed by atoms with E-state index in [9.17, 15) is 4.39 Å². The Morgan fingerprint density at radius 2 is 1.63 bits per heavy atom. The first-order valence-electron chi connectivity index (χ1n) is 9.40. The standard InChI is InChI=1S/C23H22Cl2FNO3/c1-3-29-22-10-16(13-27-17-8-9-21(28-2)19(25)11-17)18(24)12-23(22)30-14-15-6-4-5-7-20(15)26/h4-12,27H,3,13-14H2,1-2H3. The molecule has 1 N–H and O–H groups in total. The van der Waals surface area contributed by atoms with Gasteiger partial charge in [-0.25, -0.2) is 4.39 Å². The maximum Gasteiger partial charge on any atom is 0.163 e. The number of methoxy groups -OCH3 is 1. The summed E-state index contributed by atoms with van der Waals surface area (Å²) in [6.07, 6.45) is 0. The zero-order valence-corrected chi connectivity index (χ0v) is 18.2. The van der Waals surface area contributed by atoms with Gasteiger partial charge in [-0.3, -0.25) is 0 Å². The Bertz CT molecular complexity index is 1010. The second-order valence-electron chi connectivity index (χ2n) is 6.41. The van der Waals surface area contributed by atoms with E-state index in [4.69, 9.17) is 37.4 Å². The lowest BCUT2D eigenvalue weighted by molar-refractivity contribution is 0.265. The molecule has 0 unspecified atom stereocenters. The van der Waals surface area contributed by atoms with Crippen molar-refractivity contribution in [2.24, 2.45) is 0 Å². The van der Waals surface area contributed by atoms with Crippen molar-refractivity contribution in [3.63, 3.8) is 0 Å². The van der Waals surface area contributed by atoms with E-state index in [0.29, 0.717) is 46.0 Å². The van der Waals surface area contributed by atoms with E-state index in [1.54, 1.807) is 43.5 Å². The van der Waals surface area contributed by atoms with E-state index < -0.39 is 0 Å². The molecule has 3 rings (SSSR count). The van der Waals surface area contributed by atoms with Crippen LogP contribution >= 0.6 is 23.2 Å². The molecule has 3 aromatic carbocycles. The number of nitrogens with one attached hydrogen (secondary N) is 1. The molecule has 0 aliphatic carbocycles. The van der Waals surface area contributed by atoms with Gasteiger partial charge >= 0.3 is 0 Å². The molecule has 0 bridgehead atoms. The van der Waals surface area contributed by atoms with Crippen LogP contribution in [0.4, 0.5) is 10.1 Å². The molecule has 7 heteroatoms. The Hall–Kier alpha value is -2.63. The van der Waals surface area contributed by atoms with Crippen LogP contribution in [0.5, 0.6) is 17.2 Å². The van der Waals surface area contributed by atoms with E-state index in [-0.39, 0.29) is 12.4 Å². The molecule has 0 atom stereocenters. The van der Waals surface area contributed by atoms with Gasteiger partial charge in [-0.1, -0.05) is 41.4 Å². The van der Waals surface area contributed by atoms with Gasteiger partial charge in [0.05, 0.1) is 18.7 Å². The fraction of sp³-hybridized carbons (Fsp3) is 0.217. The number of ether oxygens (including phenoxy) is 3. The highest BCUT2D eigenvalue weighted by Gasteiger charge is 2.13. The molecular formula is C23H22Cl2FNO3. The highest BCUT2D eigenvalue weighted by molar-refractivity contribution is 6.32. The van der Waals surface area contributed by atoms with E-state index in [1.165, 1.54) is 6.07 Å². The van der Waals surface area contributed by atoms with E-state index >= 15 is 0 Å². The molecule has 30 heavy (non-hydrogen) atoms. The van der Waals surface area contributed by atoms with Gasteiger partial charge in [-0.05, 0) is 42.8 Å². The molecule has 0 amide bonds. The molecule has 158 valence electrons. The van der Waals surface area contributed by atoms with Gasteiger partial charge in [0.15, 0.2) is 11.5 Å². The molecule has 0 saturated carbocycles. The fourth-order valence-electron chi connectivity index (χ4n) is 2.84. The third-order valence-corrected chi connectivity index (χ3v) is 5.04. The average molecular weight is 450 g/mol. The average Bonchev–Trinajstić information content (AvgIpc) is 2.74. The molecule has 0 saturated heterocycles. The topological polar surface area (TPSA) is 39.7 Å². The third-order valence-electron chi connectivity index (χ3n) is 4.39. The van der Waals surface area contributed by atoms with Crippen LogP contribution in [0.1, 0.15) is 18.1 Å². The highest BCUT2D eigenvalue weighted by Crippen LogP contribution is 2.35. The third kappa shape index (κ3) is 5.49. The van der Waals surface area contributed by atoms with Crippen LogP contribution in [0.3, 0.4) is 0 Å². The van der Waals surface area contributed by atoms with E-state index in [0.717, 1.165) is 11.3 Å². The summed E-state index contributed by atoms with van der Waals surface area (Å²) in [5, 5.41) is 4.30. The van der Waals surface area contributed by atoms with Gasteiger partial charge in [0.2, 0.25) is 0 Å². The molecule has 0 fully saturated rings. The predicted molar refractivity (Wildman–Crippen MR) is 119 cm³/mol. The van der Waals surface area contributed by atoms with Crippen LogP contribution in [-0.2, 0) is 13.2 Å². The van der Waals surface area contributed by atoms with Crippen LogP contribution in [0, 0.1) is 5.82 Å². The molecule has 0 aliphatic rings. The number of benzene rings is 3. The maximum absolute atomic E-state index is 13.9. The van der Waals surface area contributed by atoms with Crippen molar-refractivity contribution in [2.45, 2.75) is 20.1 Å². The van der Waals surface area contributed by atoms with E-state index in [1.807, 2.05) is 19.1 Å². The molecule has 0 heterocycles. The van der Waals surface area contributed by atoms with Crippen molar-refractivity contribution in [3.05, 3.63) is 81.6 Å². The van der Waals surface area contributed by atoms with Gasteiger partial charge in [0.1, 0.15) is 18.2 Å². The number of anilines is 1. The zero-order valence-electron chi connectivity index (χ0n) is 16.7. The number of hydrogen-bond acceptors (Lipinski definition) is 4. The van der Waals surface area contributed by atoms with Crippen LogP contribution in [0.25, 0.3) is 0 Å². The molecule has 0 aromatic heterocycles. The first kappa shape index (κ1) is 22.1. The van der Waals surface area contributed by atoms with Gasteiger partial charge in [0.25, 0.3) is 0 Å². The Morgan fingerprint density at radius 1 is 0.867 bits per heavy atom. The quantitative estimate of drug-likeness (QED) is 0.392. The zero-order chi connectivity index (χ0) is 21.5. The molecule has 4 nitrogen and oxygen atoms in total. The lowest BCUT2D eigenvalue weighted by Gasteiger charge is -2.16. The minimum absolute atomic E-state index is 0.0744. The number of hydrogen-bond donors (Lipinski definition) is 1. The molecule has 0 spiro atoms. The Balaban J connectivity index is 1.75. The maximum atomic E-state index is 13.9. The highest BCUT2D eigenvalue weighted by atomic mass is 35.5. The van der Waals surface area contributed by atoms with Crippen LogP contribution < -0.4 is 19.5 Å². The van der Waals surface area contributed by atoms with Crippen LogP contribution in [0.2, 0.25) is 10.0 Å². The monoisotopic (exact) mass is 449 g/mol. The number of halogens is 3. The van der Waals surface area contributed by atoms with Crippen LogP contribution in [0.15, 0.2) is 54.6 Å². The summed E-state index contributed by atoms with van der Waals surface area (Å²) < 4.78 is 30.5. The Kier molecular flexibility index (Phi) is 7.66. The second-order valence-corrected chi connectivity index (χ2v) is 7.22. The first-order chi connectivity index (χ1) is 14.5. The van der Waals surface area contributed by atoms with Gasteiger partial charge in [-0.2, -0.15) is 0 Å². The van der Waals surface area contributed by atoms with Crippen LogP contribution in [-0.4, -0.2) is 13.7 Å². The lowest BCUT2D eigenvalue weighted by atomic mass is 10.2. The summed E-state index contributed by atoms with van der Waals surface area (Å²) >= 11 is 12.6. The van der Waals surface area contributed by atoms with Crippen molar-refractivity contribution in [1.29, 1.82) is 0 Å². The van der Waals surface area contributed by atoms with Gasteiger partial charge in [0, 0.05) is 28.9 Å². The Morgan fingerprint density at radius 3 is 2.33 bits per heavy atom. The van der Waals surface area contributed by atoms with Crippen molar-refractivity contribution in [2.75, 3.05) is 19.0 Å². The summed E-state index contributed by atoms with van der Waals surface area (Å²) in [6, 6.07) is 15.4. The van der Waals surface area contributed by atoms with Gasteiger partial charge in [-0.15, -0.1) is 0 Å². The SMILES string of the molecule is CCOc1cc(CNc2ccc(OC)c(Cl)c2)c(Cl)cc1OCc1ccccc1F. The first-order valence-corrected chi connectivity index (χ1v) is 10.2. The molecular weight excluding hydrogens is 428 g/mol. The molecule has 0 radical (unpaired) electrons. The second kappa shape index (κ2) is 10.4. The minimum atomic E-state index is -0.319. The predicted octanol–water partition coefficient (Wildman–Crippen LogP) is 6.73. The number of rotatable bonds is 9. The molecule has 0 aliphatic heterocycles. The lowest BCUT2D eigenvalue weighted by Crippen LogP contribution is -2.04. The summed E-state index contributed by atoms with van der Waals surface area (Å²) in [5.74, 6) is 1.29. The van der Waals surface area contributed by atoms with Crippen molar-refractivity contribution in [3.8, 4) is 17.2 Å². The normalized spacial score (nSPS) is 10.6. The summed E-state index contributed by atoms with van der Waals surface area (Å²) in [7, 11) is 1.57. The van der Waals surface area contributed by atoms with Gasteiger partial charge < -0.3 is 19.5 Å². The minimum Gasteiger partial charge on any atom is -0.495 e. The van der Waals surface area contributed by atoms with E-state index in [2.05, 4.69) is 5.32 Å². The van der Waals surface area contributed by atoms with Crippen molar-refractivity contribution < 1.29 is 18.6 Å². The van der Waals surface area contributed by atoms with Crippen molar-refractivity contribution in [1.82, 2.24) is 0 Å². The summed E-state index contributed by atoms with van der Waals surface area (Å²) in [4.78, 5) is 0. The summed E-state index contributed by atoms with van der Waals surface area (Å²) in [5.41, 5.74) is 2.11. The largest absolute Gasteiger partial charge is 0.495 e. The molecule has 3 aromatic rings. The fourth-order valence-corrected chi connectivity index (χ4v) is 3.32. The Labute approximate surface area is 185 Å². The smallest absolute Gasteiger partial charge is 0.163 e. The summed E-state index contributed by atoms with van der Waals surface area (Å²) in [6.45, 7) is 2.87.